The lowest BCUT2D eigenvalue weighted by molar-refractivity contribution is 0.104. The monoisotopic (exact) mass is 442 g/mol. The van der Waals surface area contributed by atoms with E-state index in [0.717, 1.165) is 5.69 Å². The van der Waals surface area contributed by atoms with Gasteiger partial charge in [0.1, 0.15) is 18.1 Å². The van der Waals surface area contributed by atoms with Crippen molar-refractivity contribution < 1.29 is 31.5 Å². The van der Waals surface area contributed by atoms with E-state index >= 15 is 0 Å². The summed E-state index contributed by atoms with van der Waals surface area (Å²) >= 11 is 0. The number of carbonyl (C=O) groups excluding carboxylic acids is 1. The van der Waals surface area contributed by atoms with E-state index in [1.165, 1.54) is 24.3 Å². The molecule has 0 saturated heterocycles. The van der Waals surface area contributed by atoms with E-state index in [0.29, 0.717) is 5.56 Å². The third-order valence-electron chi connectivity index (χ3n) is 4.47. The summed E-state index contributed by atoms with van der Waals surface area (Å²) in [4.78, 5) is 16.3. The van der Waals surface area contributed by atoms with Gasteiger partial charge in [-0.3, -0.25) is 4.79 Å². The number of halogens is 4. The van der Waals surface area contributed by atoms with E-state index in [1.807, 2.05) is 0 Å². The van der Waals surface area contributed by atoms with E-state index in [4.69, 9.17) is 9.15 Å². The number of allylic oxidation sites excluding steroid dienone is 1. The van der Waals surface area contributed by atoms with Crippen molar-refractivity contribution in [3.8, 4) is 11.4 Å². The first-order valence-electron chi connectivity index (χ1n) is 9.27. The largest absolute Gasteiger partial charge is 0.479 e. The van der Waals surface area contributed by atoms with Crippen molar-refractivity contribution >= 4 is 11.9 Å². The maximum absolute atomic E-state index is 13.6. The van der Waals surface area contributed by atoms with Gasteiger partial charge in [-0.2, -0.15) is 8.78 Å². The Labute approximate surface area is 179 Å². The van der Waals surface area contributed by atoms with E-state index in [1.54, 1.807) is 47.6 Å². The molecule has 162 valence electrons. The molecule has 0 bridgehead atoms. The zero-order valence-corrected chi connectivity index (χ0v) is 16.3. The zero-order valence-electron chi connectivity index (χ0n) is 16.3. The van der Waals surface area contributed by atoms with Crippen molar-refractivity contribution in [2.45, 2.75) is 6.61 Å². The van der Waals surface area contributed by atoms with Crippen LogP contribution in [-0.4, -0.2) is 15.3 Å². The number of carbonyl (C=O) groups is 1. The Morgan fingerprint density at radius 2 is 1.75 bits per heavy atom. The Bertz CT molecular complexity index is 1250. The van der Waals surface area contributed by atoms with E-state index in [2.05, 4.69) is 4.98 Å². The Hall–Kier alpha value is -4.14. The first-order valence-corrected chi connectivity index (χ1v) is 9.27. The minimum Gasteiger partial charge on any atom is -0.479 e. The smallest absolute Gasteiger partial charge is 0.203 e. The van der Waals surface area contributed by atoms with Crippen molar-refractivity contribution in [3.05, 3.63) is 108 Å². The summed E-state index contributed by atoms with van der Waals surface area (Å²) in [5.41, 5.74) is 1.31. The van der Waals surface area contributed by atoms with Crippen molar-refractivity contribution in [1.29, 1.82) is 0 Å². The first kappa shape index (κ1) is 21.1. The van der Waals surface area contributed by atoms with Crippen LogP contribution in [0.15, 0.2) is 71.7 Å². The normalized spacial score (nSPS) is 11.2. The molecule has 0 radical (unpaired) electrons. The third kappa shape index (κ3) is 4.46. The molecule has 0 aliphatic heterocycles. The van der Waals surface area contributed by atoms with E-state index in [-0.39, 0.29) is 23.4 Å². The highest BCUT2D eigenvalue weighted by Gasteiger charge is 2.21. The highest BCUT2D eigenvalue weighted by atomic mass is 19.2. The number of nitrogens with zero attached hydrogens (tertiary/aromatic N) is 2. The van der Waals surface area contributed by atoms with Crippen LogP contribution in [0, 0.1) is 23.3 Å². The van der Waals surface area contributed by atoms with Gasteiger partial charge in [0.05, 0.1) is 6.33 Å². The van der Waals surface area contributed by atoms with Gasteiger partial charge >= 0.3 is 0 Å². The molecule has 0 spiro atoms. The number of ketones is 1. The molecule has 5 nitrogen and oxygen atoms in total. The van der Waals surface area contributed by atoms with Gasteiger partial charge in [-0.15, -0.1) is 0 Å². The SMILES string of the molecule is O=C(/C=C/c1ccc(COc2c(F)c(F)cc(F)c2F)o1)c1ccc(-n2ccnc2)cc1. The summed E-state index contributed by atoms with van der Waals surface area (Å²) in [6.07, 6.45) is 7.79. The quantitative estimate of drug-likeness (QED) is 0.164. The number of furan rings is 1. The van der Waals surface area contributed by atoms with Gasteiger partial charge < -0.3 is 13.7 Å². The van der Waals surface area contributed by atoms with Crippen LogP contribution in [0.4, 0.5) is 17.6 Å². The van der Waals surface area contributed by atoms with Crippen molar-refractivity contribution in [3.63, 3.8) is 0 Å². The molecule has 4 aromatic rings. The van der Waals surface area contributed by atoms with Gasteiger partial charge in [0.25, 0.3) is 0 Å². The minimum atomic E-state index is -1.64. The number of imidazole rings is 1. The van der Waals surface area contributed by atoms with Crippen molar-refractivity contribution in [2.75, 3.05) is 0 Å². The fourth-order valence-corrected chi connectivity index (χ4v) is 2.85. The fourth-order valence-electron chi connectivity index (χ4n) is 2.85. The van der Waals surface area contributed by atoms with E-state index < -0.39 is 35.6 Å². The van der Waals surface area contributed by atoms with Gasteiger partial charge in [-0.25, -0.2) is 13.8 Å². The molecule has 2 heterocycles. The van der Waals surface area contributed by atoms with E-state index in [9.17, 15) is 22.4 Å². The van der Waals surface area contributed by atoms with Crippen LogP contribution >= 0.6 is 0 Å². The highest BCUT2D eigenvalue weighted by molar-refractivity contribution is 6.06. The predicted octanol–water partition coefficient (Wildman–Crippen LogP) is 5.50. The molecular formula is C23H14F4N2O3. The molecule has 0 fully saturated rings. The van der Waals surface area contributed by atoms with Gasteiger partial charge in [0.2, 0.25) is 11.6 Å². The Morgan fingerprint density at radius 1 is 1.03 bits per heavy atom. The second kappa shape index (κ2) is 8.93. The Kier molecular flexibility index (Phi) is 5.89. The van der Waals surface area contributed by atoms with Crippen molar-refractivity contribution in [2.24, 2.45) is 0 Å². The third-order valence-corrected chi connectivity index (χ3v) is 4.47. The molecule has 0 aliphatic carbocycles. The standard InChI is InChI=1S/C23H14F4N2O3/c24-18-11-19(25)22(27)23(21(18)26)31-12-17-6-5-16(32-17)7-8-20(30)14-1-3-15(4-2-14)29-10-9-28-13-29/h1-11,13H,12H2/b8-7+. The van der Waals surface area contributed by atoms with Crippen LogP contribution < -0.4 is 4.74 Å². The molecule has 0 saturated carbocycles. The second-order valence-electron chi connectivity index (χ2n) is 6.60. The van der Waals surface area contributed by atoms with Crippen molar-refractivity contribution in [1.82, 2.24) is 9.55 Å². The first-order chi connectivity index (χ1) is 15.4. The highest BCUT2D eigenvalue weighted by Crippen LogP contribution is 2.27. The topological polar surface area (TPSA) is 57.3 Å². The summed E-state index contributed by atoms with van der Waals surface area (Å²) < 4.78 is 65.8. The van der Waals surface area contributed by atoms with Crippen LogP contribution in [-0.2, 0) is 6.61 Å². The molecule has 0 N–H and O–H groups in total. The molecule has 0 aliphatic rings. The summed E-state index contributed by atoms with van der Waals surface area (Å²) in [6, 6.07) is 9.93. The van der Waals surface area contributed by atoms with Crippen LogP contribution in [0.2, 0.25) is 0 Å². The lowest BCUT2D eigenvalue weighted by Crippen LogP contribution is -2.03. The van der Waals surface area contributed by atoms with Crippen LogP contribution in [0.5, 0.6) is 5.75 Å². The lowest BCUT2D eigenvalue weighted by atomic mass is 10.1. The number of hydrogen-bond acceptors (Lipinski definition) is 4. The molecule has 4 rings (SSSR count). The molecule has 0 atom stereocenters. The predicted molar refractivity (Wildman–Crippen MR) is 106 cm³/mol. The molecule has 2 aromatic heterocycles. The number of rotatable bonds is 7. The van der Waals surface area contributed by atoms with Gasteiger partial charge in [-0.05, 0) is 48.6 Å². The molecular weight excluding hydrogens is 428 g/mol. The summed E-state index contributed by atoms with van der Waals surface area (Å²) in [7, 11) is 0. The average Bonchev–Trinajstić information content (AvgIpc) is 3.49. The molecule has 9 heteroatoms. The summed E-state index contributed by atoms with van der Waals surface area (Å²) in [5.74, 6) is -7.46. The summed E-state index contributed by atoms with van der Waals surface area (Å²) in [6.45, 7) is -0.478. The molecule has 2 aromatic carbocycles. The van der Waals surface area contributed by atoms with Crippen LogP contribution in [0.3, 0.4) is 0 Å². The number of hydrogen-bond donors (Lipinski definition) is 0. The average molecular weight is 442 g/mol. The van der Waals surface area contributed by atoms with Gasteiger partial charge in [-0.1, -0.05) is 0 Å². The van der Waals surface area contributed by atoms with Gasteiger partial charge in [0, 0.05) is 29.7 Å². The van der Waals surface area contributed by atoms with Crippen LogP contribution in [0.25, 0.3) is 11.8 Å². The maximum atomic E-state index is 13.6. The van der Waals surface area contributed by atoms with Gasteiger partial charge in [0.15, 0.2) is 23.2 Å². The minimum absolute atomic E-state index is 0.0928. The Morgan fingerprint density at radius 3 is 2.41 bits per heavy atom. The Balaban J connectivity index is 1.39. The molecule has 0 unspecified atom stereocenters. The summed E-state index contributed by atoms with van der Waals surface area (Å²) in [5, 5.41) is 0. The zero-order chi connectivity index (χ0) is 22.7. The second-order valence-corrected chi connectivity index (χ2v) is 6.60. The number of aromatic nitrogens is 2. The lowest BCUT2D eigenvalue weighted by Gasteiger charge is -2.08. The molecule has 32 heavy (non-hydrogen) atoms. The fraction of sp³-hybridized carbons (Fsp3) is 0.0435. The maximum Gasteiger partial charge on any atom is 0.203 e. The van der Waals surface area contributed by atoms with Crippen LogP contribution in [0.1, 0.15) is 21.9 Å². The number of ether oxygens (including phenoxy) is 1. The molecule has 0 amide bonds. The number of benzene rings is 2.